The van der Waals surface area contributed by atoms with Crippen LogP contribution < -0.4 is 15.4 Å². The summed E-state index contributed by atoms with van der Waals surface area (Å²) in [4.78, 5) is 25.9. The van der Waals surface area contributed by atoms with Crippen molar-refractivity contribution < 1.29 is 18.7 Å². The fourth-order valence-corrected chi connectivity index (χ4v) is 4.61. The van der Waals surface area contributed by atoms with Crippen LogP contribution >= 0.6 is 11.6 Å². The normalized spacial score (nSPS) is 14.5. The molecule has 4 rings (SSSR count). The molecule has 1 fully saturated rings. The summed E-state index contributed by atoms with van der Waals surface area (Å²) in [6.45, 7) is 0. The van der Waals surface area contributed by atoms with E-state index in [-0.39, 0.29) is 16.5 Å². The fraction of sp³-hybridized carbons (Fsp3) is 0.231. The van der Waals surface area contributed by atoms with Gasteiger partial charge in [-0.3, -0.25) is 9.59 Å². The number of ether oxygens (including phenoxy) is 1. The molecule has 0 bridgehead atoms. The summed E-state index contributed by atoms with van der Waals surface area (Å²) in [5, 5.41) is 5.85. The largest absolute Gasteiger partial charge is 0.494 e. The van der Waals surface area contributed by atoms with E-state index >= 15 is 0 Å². The highest BCUT2D eigenvalue weighted by molar-refractivity contribution is 6.31. The van der Waals surface area contributed by atoms with Crippen LogP contribution in [0, 0.1) is 5.82 Å². The third-order valence-electron chi connectivity index (χ3n) is 6.05. The van der Waals surface area contributed by atoms with Crippen LogP contribution in [0.2, 0.25) is 5.02 Å². The van der Waals surface area contributed by atoms with Gasteiger partial charge < -0.3 is 15.4 Å². The molecule has 1 aliphatic carbocycles. The van der Waals surface area contributed by atoms with Crippen molar-refractivity contribution in [2.75, 3.05) is 17.7 Å². The number of anilines is 2. The number of benzene rings is 3. The van der Waals surface area contributed by atoms with Gasteiger partial charge >= 0.3 is 0 Å². The molecule has 0 radical (unpaired) electrons. The van der Waals surface area contributed by atoms with Gasteiger partial charge in [0.15, 0.2) is 0 Å². The maximum absolute atomic E-state index is 13.6. The highest BCUT2D eigenvalue weighted by atomic mass is 35.5. The van der Waals surface area contributed by atoms with Gasteiger partial charge in [-0.25, -0.2) is 4.39 Å². The van der Waals surface area contributed by atoms with Gasteiger partial charge in [0.05, 0.1) is 18.2 Å². The highest BCUT2D eigenvalue weighted by Gasteiger charge is 2.42. The van der Waals surface area contributed by atoms with Crippen LogP contribution in [0.25, 0.3) is 0 Å². The van der Waals surface area contributed by atoms with Crippen LogP contribution in [0.15, 0.2) is 66.7 Å². The van der Waals surface area contributed by atoms with E-state index in [1.54, 1.807) is 18.2 Å². The number of hydrogen-bond donors (Lipinski definition) is 2. The predicted octanol–water partition coefficient (Wildman–Crippen LogP) is 6.19. The van der Waals surface area contributed by atoms with E-state index in [1.165, 1.54) is 13.2 Å². The van der Waals surface area contributed by atoms with Crippen molar-refractivity contribution in [2.45, 2.75) is 31.1 Å². The molecule has 2 amide bonds. The Labute approximate surface area is 196 Å². The molecule has 0 saturated heterocycles. The van der Waals surface area contributed by atoms with E-state index in [0.717, 1.165) is 43.4 Å². The van der Waals surface area contributed by atoms with Gasteiger partial charge in [0, 0.05) is 22.3 Å². The molecule has 0 aromatic heterocycles. The number of hydrogen-bond acceptors (Lipinski definition) is 3. The Hall–Kier alpha value is -3.38. The van der Waals surface area contributed by atoms with E-state index < -0.39 is 17.1 Å². The van der Waals surface area contributed by atoms with E-state index in [9.17, 15) is 14.0 Å². The molecular weight excluding hydrogens is 443 g/mol. The first-order chi connectivity index (χ1) is 15.9. The smallest absolute Gasteiger partial charge is 0.255 e. The Morgan fingerprint density at radius 1 is 0.970 bits per heavy atom. The predicted molar refractivity (Wildman–Crippen MR) is 128 cm³/mol. The van der Waals surface area contributed by atoms with Crippen LogP contribution in [0.1, 0.15) is 41.6 Å². The van der Waals surface area contributed by atoms with Crippen molar-refractivity contribution in [3.63, 3.8) is 0 Å². The topological polar surface area (TPSA) is 67.4 Å². The summed E-state index contributed by atoms with van der Waals surface area (Å²) in [5.74, 6) is -0.819. The molecule has 1 saturated carbocycles. The Balaban J connectivity index is 1.54. The molecule has 2 N–H and O–H groups in total. The lowest BCUT2D eigenvalue weighted by molar-refractivity contribution is -0.121. The van der Waals surface area contributed by atoms with Crippen LogP contribution in [0.4, 0.5) is 15.8 Å². The maximum atomic E-state index is 13.6. The third kappa shape index (κ3) is 4.86. The van der Waals surface area contributed by atoms with Crippen molar-refractivity contribution in [3.8, 4) is 5.75 Å². The lowest BCUT2D eigenvalue weighted by Gasteiger charge is -2.28. The third-order valence-corrected chi connectivity index (χ3v) is 6.27. The standard InChI is InChI=1S/C26H24ClFN2O3/c1-33-23-16-21(9-10-22(23)30-24(31)17-13-19(27)15-20(28)14-17)29-25(32)26(11-5-6-12-26)18-7-3-2-4-8-18/h2-4,7-10,13-16H,5-6,11-12H2,1H3,(H,29,32)(H,30,31). The Morgan fingerprint density at radius 2 is 1.70 bits per heavy atom. The van der Waals surface area contributed by atoms with E-state index in [4.69, 9.17) is 16.3 Å². The molecule has 0 aliphatic heterocycles. The average Bonchev–Trinajstić information content (AvgIpc) is 3.31. The molecule has 3 aromatic rings. The van der Waals surface area contributed by atoms with Gasteiger partial charge in [-0.1, -0.05) is 54.8 Å². The van der Waals surface area contributed by atoms with Gasteiger partial charge in [0.25, 0.3) is 5.91 Å². The summed E-state index contributed by atoms with van der Waals surface area (Å²) in [6, 6.07) is 18.5. The minimum absolute atomic E-state index is 0.0561. The number of nitrogens with one attached hydrogen (secondary N) is 2. The van der Waals surface area contributed by atoms with Crippen LogP contribution in [0.5, 0.6) is 5.75 Å². The molecule has 5 nitrogen and oxygen atoms in total. The SMILES string of the molecule is COc1cc(NC(=O)C2(c3ccccc3)CCCC2)ccc1NC(=O)c1cc(F)cc(Cl)c1. The maximum Gasteiger partial charge on any atom is 0.255 e. The number of amides is 2. The minimum atomic E-state index is -0.600. The summed E-state index contributed by atoms with van der Waals surface area (Å²) in [6.07, 6.45) is 3.59. The summed E-state index contributed by atoms with van der Waals surface area (Å²) < 4.78 is 19.0. The Morgan fingerprint density at radius 3 is 2.36 bits per heavy atom. The number of halogens is 2. The second-order valence-electron chi connectivity index (χ2n) is 8.14. The van der Waals surface area contributed by atoms with Crippen molar-refractivity contribution in [3.05, 3.63) is 88.7 Å². The lowest BCUT2D eigenvalue weighted by Crippen LogP contribution is -2.37. The summed E-state index contributed by atoms with van der Waals surface area (Å²) >= 11 is 5.85. The first kappa shape index (κ1) is 22.8. The quantitative estimate of drug-likeness (QED) is 0.455. The zero-order valence-corrected chi connectivity index (χ0v) is 18.9. The molecule has 3 aromatic carbocycles. The van der Waals surface area contributed by atoms with Gasteiger partial charge in [0.2, 0.25) is 5.91 Å². The number of methoxy groups -OCH3 is 1. The van der Waals surface area contributed by atoms with Crippen molar-refractivity contribution in [2.24, 2.45) is 0 Å². The van der Waals surface area contributed by atoms with Crippen molar-refractivity contribution in [1.29, 1.82) is 0 Å². The monoisotopic (exact) mass is 466 g/mol. The second-order valence-corrected chi connectivity index (χ2v) is 8.57. The summed E-state index contributed by atoms with van der Waals surface area (Å²) in [5.41, 5.74) is 1.50. The van der Waals surface area contributed by atoms with Gasteiger partial charge in [0.1, 0.15) is 11.6 Å². The molecule has 33 heavy (non-hydrogen) atoms. The number of carbonyl (C=O) groups is 2. The molecule has 170 valence electrons. The molecule has 0 atom stereocenters. The highest BCUT2D eigenvalue weighted by Crippen LogP contribution is 2.42. The minimum Gasteiger partial charge on any atom is -0.494 e. The van der Waals surface area contributed by atoms with E-state index in [2.05, 4.69) is 10.6 Å². The van der Waals surface area contributed by atoms with Gasteiger partial charge in [-0.2, -0.15) is 0 Å². The zero-order valence-electron chi connectivity index (χ0n) is 18.2. The Kier molecular flexibility index (Phi) is 6.65. The fourth-order valence-electron chi connectivity index (χ4n) is 4.38. The number of rotatable bonds is 6. The van der Waals surface area contributed by atoms with E-state index in [0.29, 0.717) is 17.1 Å². The van der Waals surface area contributed by atoms with Crippen LogP contribution in [0.3, 0.4) is 0 Å². The molecule has 0 heterocycles. The lowest BCUT2D eigenvalue weighted by atomic mass is 9.78. The summed E-state index contributed by atoms with van der Waals surface area (Å²) in [7, 11) is 1.47. The van der Waals surface area contributed by atoms with Gasteiger partial charge in [-0.15, -0.1) is 0 Å². The zero-order chi connectivity index (χ0) is 23.4. The van der Waals surface area contributed by atoms with Crippen LogP contribution in [-0.4, -0.2) is 18.9 Å². The molecule has 1 aliphatic rings. The van der Waals surface area contributed by atoms with Crippen LogP contribution in [-0.2, 0) is 10.2 Å². The number of carbonyl (C=O) groups excluding carboxylic acids is 2. The average molecular weight is 467 g/mol. The first-order valence-electron chi connectivity index (χ1n) is 10.7. The molecule has 0 spiro atoms. The second kappa shape index (κ2) is 9.63. The van der Waals surface area contributed by atoms with E-state index in [1.807, 2.05) is 30.3 Å². The first-order valence-corrected chi connectivity index (χ1v) is 11.1. The molecule has 0 unspecified atom stereocenters. The van der Waals surface area contributed by atoms with Gasteiger partial charge in [-0.05, 0) is 48.7 Å². The molecule has 7 heteroatoms. The van der Waals surface area contributed by atoms with Crippen molar-refractivity contribution >= 4 is 34.8 Å². The Bertz CT molecular complexity index is 1160. The van der Waals surface area contributed by atoms with Crippen molar-refractivity contribution in [1.82, 2.24) is 0 Å². The molecular formula is C26H24ClFN2O3.